The molecule has 0 bridgehead atoms. The van der Waals surface area contributed by atoms with E-state index in [4.69, 9.17) is 35.4 Å². The van der Waals surface area contributed by atoms with Crippen molar-refractivity contribution < 1.29 is 9.90 Å². The number of nitrogens with one attached hydrogen (secondary N) is 2. The summed E-state index contributed by atoms with van der Waals surface area (Å²) in [5.41, 5.74) is 1.25. The highest BCUT2D eigenvalue weighted by molar-refractivity contribution is 9.11. The minimum absolute atomic E-state index is 0.0725. The largest absolute Gasteiger partial charge is 0.506 e. The molecule has 3 N–H and O–H groups in total. The highest BCUT2D eigenvalue weighted by atomic mass is 79.9. The number of hydrogen-bond donors (Lipinski definition) is 3. The van der Waals surface area contributed by atoms with Crippen LogP contribution in [0, 0.1) is 0 Å². The van der Waals surface area contributed by atoms with Gasteiger partial charge < -0.3 is 10.4 Å². The van der Waals surface area contributed by atoms with E-state index in [1.165, 1.54) is 6.08 Å². The molecule has 130 valence electrons. The van der Waals surface area contributed by atoms with Crippen LogP contribution in [0.25, 0.3) is 6.08 Å². The second-order valence-corrected chi connectivity index (χ2v) is 7.69. The van der Waals surface area contributed by atoms with Gasteiger partial charge in [-0.15, -0.1) is 0 Å². The fourth-order valence-electron chi connectivity index (χ4n) is 1.76. The van der Waals surface area contributed by atoms with E-state index in [2.05, 4.69) is 42.5 Å². The van der Waals surface area contributed by atoms with Crippen molar-refractivity contribution >= 4 is 90.1 Å². The van der Waals surface area contributed by atoms with Gasteiger partial charge in [-0.3, -0.25) is 10.1 Å². The standard InChI is InChI=1S/C16H10Br2Cl2N2O2S/c17-11-6-10(7-12(18)15(11)24)21-16(25)22-14(23)4-2-8-1-3-9(19)5-13(8)20/h1-7,24H,(H2,21,22,23,25). The Morgan fingerprint density at radius 3 is 2.40 bits per heavy atom. The van der Waals surface area contributed by atoms with Gasteiger partial charge in [0.25, 0.3) is 0 Å². The minimum Gasteiger partial charge on any atom is -0.506 e. The third kappa shape index (κ3) is 5.97. The number of anilines is 1. The fraction of sp³-hybridized carbons (Fsp3) is 0. The normalized spacial score (nSPS) is 10.7. The van der Waals surface area contributed by atoms with Gasteiger partial charge in [-0.2, -0.15) is 0 Å². The van der Waals surface area contributed by atoms with Gasteiger partial charge in [0.05, 0.1) is 8.95 Å². The van der Waals surface area contributed by atoms with Crippen molar-refractivity contribution in [3.05, 3.63) is 61.0 Å². The van der Waals surface area contributed by atoms with Crippen molar-refractivity contribution in [2.24, 2.45) is 0 Å². The molecule has 0 aliphatic rings. The molecular formula is C16H10Br2Cl2N2O2S. The van der Waals surface area contributed by atoms with Crippen LogP contribution in [-0.4, -0.2) is 16.1 Å². The average Bonchev–Trinajstić information content (AvgIpc) is 2.51. The van der Waals surface area contributed by atoms with E-state index in [0.29, 0.717) is 30.2 Å². The van der Waals surface area contributed by atoms with Gasteiger partial charge in [0.2, 0.25) is 5.91 Å². The Kier molecular flexibility index (Phi) is 7.27. The van der Waals surface area contributed by atoms with Crippen LogP contribution < -0.4 is 10.6 Å². The molecule has 0 aromatic heterocycles. The van der Waals surface area contributed by atoms with Crippen LogP contribution in [0.15, 0.2) is 45.4 Å². The number of phenolic OH excluding ortho intramolecular Hbond substituents is 1. The first-order valence-electron chi connectivity index (χ1n) is 6.69. The Hall–Kier alpha value is -1.12. The maximum atomic E-state index is 11.9. The van der Waals surface area contributed by atoms with Crippen molar-refractivity contribution in [3.63, 3.8) is 0 Å². The van der Waals surface area contributed by atoms with E-state index in [0.717, 1.165) is 0 Å². The molecule has 4 nitrogen and oxygen atoms in total. The Morgan fingerprint density at radius 1 is 1.16 bits per heavy atom. The summed E-state index contributed by atoms with van der Waals surface area (Å²) < 4.78 is 0.964. The summed E-state index contributed by atoms with van der Waals surface area (Å²) in [6.07, 6.45) is 2.87. The number of thiocarbonyl (C=S) groups is 1. The van der Waals surface area contributed by atoms with Gasteiger partial charge in [0.15, 0.2) is 5.11 Å². The quantitative estimate of drug-likeness (QED) is 0.272. The summed E-state index contributed by atoms with van der Waals surface area (Å²) in [7, 11) is 0. The fourth-order valence-corrected chi connectivity index (χ4v) is 3.63. The lowest BCUT2D eigenvalue weighted by Gasteiger charge is -2.10. The SMILES string of the molecule is O=C(C=Cc1ccc(Cl)cc1Cl)NC(=S)Nc1cc(Br)c(O)c(Br)c1. The second kappa shape index (κ2) is 9.00. The van der Waals surface area contributed by atoms with Gasteiger partial charge in [0, 0.05) is 21.8 Å². The summed E-state index contributed by atoms with van der Waals surface area (Å²) in [5, 5.41) is 16.1. The maximum absolute atomic E-state index is 11.9. The summed E-state index contributed by atoms with van der Waals surface area (Å²) in [6, 6.07) is 8.23. The summed E-state index contributed by atoms with van der Waals surface area (Å²) >= 11 is 23.4. The van der Waals surface area contributed by atoms with E-state index in [9.17, 15) is 9.90 Å². The van der Waals surface area contributed by atoms with Gasteiger partial charge >= 0.3 is 0 Å². The van der Waals surface area contributed by atoms with Crippen LogP contribution in [0.5, 0.6) is 5.75 Å². The van der Waals surface area contributed by atoms with Crippen LogP contribution in [0.3, 0.4) is 0 Å². The molecule has 0 atom stereocenters. The number of amides is 1. The van der Waals surface area contributed by atoms with Crippen LogP contribution in [0.1, 0.15) is 5.56 Å². The molecule has 1 amide bonds. The average molecular weight is 525 g/mol. The molecule has 0 saturated carbocycles. The zero-order chi connectivity index (χ0) is 18.6. The first-order chi connectivity index (χ1) is 11.8. The highest BCUT2D eigenvalue weighted by Crippen LogP contribution is 2.35. The second-order valence-electron chi connectivity index (χ2n) is 4.73. The lowest BCUT2D eigenvalue weighted by atomic mass is 10.2. The number of carbonyl (C=O) groups excluding carboxylic acids is 1. The number of aromatic hydroxyl groups is 1. The Bertz CT molecular complexity index is 852. The van der Waals surface area contributed by atoms with Crippen LogP contribution in [-0.2, 0) is 4.79 Å². The molecule has 0 unspecified atom stereocenters. The summed E-state index contributed by atoms with van der Waals surface area (Å²) in [4.78, 5) is 11.9. The predicted octanol–water partition coefficient (Wildman–Crippen LogP) is 5.75. The zero-order valence-corrected chi connectivity index (χ0v) is 17.8. The number of phenols is 1. The van der Waals surface area contributed by atoms with Crippen molar-refractivity contribution in [1.29, 1.82) is 0 Å². The molecule has 0 spiro atoms. The molecule has 0 aliphatic heterocycles. The first kappa shape index (κ1) is 20.2. The molecule has 0 aliphatic carbocycles. The maximum Gasteiger partial charge on any atom is 0.250 e. The van der Waals surface area contributed by atoms with Crippen LogP contribution in [0.4, 0.5) is 5.69 Å². The summed E-state index contributed by atoms with van der Waals surface area (Å²) in [5.74, 6) is -0.344. The number of benzene rings is 2. The molecule has 2 rings (SSSR count). The Balaban J connectivity index is 1.98. The molecule has 2 aromatic rings. The molecule has 0 heterocycles. The lowest BCUT2D eigenvalue weighted by molar-refractivity contribution is -0.115. The molecule has 0 fully saturated rings. The van der Waals surface area contributed by atoms with E-state index in [-0.39, 0.29) is 10.9 Å². The van der Waals surface area contributed by atoms with Gasteiger partial charge in [0.1, 0.15) is 5.75 Å². The molecule has 25 heavy (non-hydrogen) atoms. The van der Waals surface area contributed by atoms with E-state index in [1.54, 1.807) is 36.4 Å². The van der Waals surface area contributed by atoms with Gasteiger partial charge in [-0.05, 0) is 80.0 Å². The number of carbonyl (C=O) groups is 1. The number of hydrogen-bond acceptors (Lipinski definition) is 3. The molecule has 9 heteroatoms. The first-order valence-corrected chi connectivity index (χ1v) is 9.44. The van der Waals surface area contributed by atoms with Crippen molar-refractivity contribution in [2.45, 2.75) is 0 Å². The third-order valence-electron chi connectivity index (χ3n) is 2.89. The lowest BCUT2D eigenvalue weighted by Crippen LogP contribution is -2.32. The van der Waals surface area contributed by atoms with Crippen molar-refractivity contribution in [3.8, 4) is 5.75 Å². The Morgan fingerprint density at radius 2 is 1.80 bits per heavy atom. The Labute approximate surface area is 176 Å². The zero-order valence-electron chi connectivity index (χ0n) is 12.3. The molecule has 0 radical (unpaired) electrons. The summed E-state index contributed by atoms with van der Waals surface area (Å²) in [6.45, 7) is 0. The predicted molar refractivity (Wildman–Crippen MR) is 113 cm³/mol. The van der Waals surface area contributed by atoms with Gasteiger partial charge in [-0.1, -0.05) is 29.3 Å². The molecule has 2 aromatic carbocycles. The topological polar surface area (TPSA) is 61.4 Å². The molecular weight excluding hydrogens is 515 g/mol. The van der Waals surface area contributed by atoms with Gasteiger partial charge in [-0.25, -0.2) is 0 Å². The van der Waals surface area contributed by atoms with Crippen molar-refractivity contribution in [1.82, 2.24) is 5.32 Å². The smallest absolute Gasteiger partial charge is 0.250 e. The third-order valence-corrected chi connectivity index (χ3v) is 4.86. The van der Waals surface area contributed by atoms with E-state index >= 15 is 0 Å². The minimum atomic E-state index is -0.416. The van der Waals surface area contributed by atoms with E-state index < -0.39 is 5.91 Å². The van der Waals surface area contributed by atoms with Crippen LogP contribution >= 0.6 is 67.3 Å². The van der Waals surface area contributed by atoms with Crippen molar-refractivity contribution in [2.75, 3.05) is 5.32 Å². The van der Waals surface area contributed by atoms with Crippen LogP contribution in [0.2, 0.25) is 10.0 Å². The molecule has 0 saturated heterocycles. The highest BCUT2D eigenvalue weighted by Gasteiger charge is 2.08. The number of halogens is 4. The monoisotopic (exact) mass is 522 g/mol. The van der Waals surface area contributed by atoms with E-state index in [1.807, 2.05) is 0 Å². The number of rotatable bonds is 3.